The van der Waals surface area contributed by atoms with Gasteiger partial charge in [-0.2, -0.15) is 0 Å². The van der Waals surface area contributed by atoms with Crippen molar-refractivity contribution >= 4 is 12.1 Å². The second-order valence-electron chi connectivity index (χ2n) is 15.4. The lowest BCUT2D eigenvalue weighted by Crippen LogP contribution is -2.25. The van der Waals surface area contributed by atoms with E-state index < -0.39 is 0 Å². The molecule has 302 valence electrons. The fourth-order valence-electron chi connectivity index (χ4n) is 6.77. The first-order valence-electron chi connectivity index (χ1n) is 22.9. The van der Waals surface area contributed by atoms with E-state index in [4.69, 9.17) is 9.47 Å². The Morgan fingerprint density at radius 2 is 0.725 bits per heavy atom. The number of amides is 1. The molecule has 0 aromatic heterocycles. The van der Waals surface area contributed by atoms with Crippen molar-refractivity contribution in [2.24, 2.45) is 0 Å². The van der Waals surface area contributed by atoms with E-state index in [-0.39, 0.29) is 12.1 Å². The highest BCUT2D eigenvalue weighted by Gasteiger charge is 2.04. The molecule has 0 aliphatic carbocycles. The molecule has 0 spiro atoms. The Kier molecular flexibility index (Phi) is 43.3. The molecule has 1 amide bonds. The molecule has 0 aliphatic rings. The van der Waals surface area contributed by atoms with Crippen molar-refractivity contribution < 1.29 is 19.1 Å². The van der Waals surface area contributed by atoms with Gasteiger partial charge in [0.1, 0.15) is 0 Å². The Balaban J connectivity index is 3.25. The van der Waals surface area contributed by atoms with Crippen molar-refractivity contribution in [1.82, 2.24) is 5.32 Å². The van der Waals surface area contributed by atoms with Crippen molar-refractivity contribution in [3.05, 3.63) is 12.2 Å². The smallest absolute Gasteiger partial charge is 0.407 e. The van der Waals surface area contributed by atoms with Crippen LogP contribution in [0.25, 0.3) is 0 Å². The van der Waals surface area contributed by atoms with E-state index in [1.165, 1.54) is 186 Å². The fraction of sp³-hybridized carbons (Fsp3) is 0.913. The summed E-state index contributed by atoms with van der Waals surface area (Å²) in [6, 6.07) is 0. The normalized spacial score (nSPS) is 11.4. The van der Waals surface area contributed by atoms with Crippen LogP contribution in [0.1, 0.15) is 251 Å². The quantitative estimate of drug-likeness (QED) is 0.0387. The molecular weight excluding hydrogens is 631 g/mol. The number of carbonyl (C=O) groups excluding carboxylic acids is 2. The summed E-state index contributed by atoms with van der Waals surface area (Å²) in [6.45, 7) is 6.39. The van der Waals surface area contributed by atoms with E-state index in [2.05, 4.69) is 31.3 Å². The zero-order chi connectivity index (χ0) is 37.0. The summed E-state index contributed by atoms with van der Waals surface area (Å²) in [6.07, 6.45) is 50.9. The molecule has 0 fully saturated rings. The lowest BCUT2D eigenvalue weighted by molar-refractivity contribution is -0.143. The van der Waals surface area contributed by atoms with Crippen LogP contribution in [0.4, 0.5) is 4.79 Å². The third kappa shape index (κ3) is 44.6. The van der Waals surface area contributed by atoms with Crippen molar-refractivity contribution in [2.75, 3.05) is 19.8 Å². The van der Waals surface area contributed by atoms with Gasteiger partial charge in [-0.05, 0) is 51.4 Å². The molecule has 0 unspecified atom stereocenters. The van der Waals surface area contributed by atoms with Crippen molar-refractivity contribution in [2.45, 2.75) is 251 Å². The van der Waals surface area contributed by atoms with Crippen LogP contribution in [0.2, 0.25) is 0 Å². The van der Waals surface area contributed by atoms with E-state index in [0.717, 1.165) is 44.9 Å². The molecule has 0 saturated carbocycles. The van der Waals surface area contributed by atoms with Crippen molar-refractivity contribution in [3.8, 4) is 0 Å². The van der Waals surface area contributed by atoms with Crippen LogP contribution in [0.5, 0.6) is 0 Å². The zero-order valence-corrected chi connectivity index (χ0v) is 34.6. The molecule has 0 atom stereocenters. The molecular formula is C46H89NO4. The summed E-state index contributed by atoms with van der Waals surface area (Å²) >= 11 is 0. The highest BCUT2D eigenvalue weighted by molar-refractivity contribution is 5.69. The molecule has 0 heterocycles. The predicted molar refractivity (Wildman–Crippen MR) is 222 cm³/mol. The first kappa shape index (κ1) is 49.5. The third-order valence-corrected chi connectivity index (χ3v) is 10.2. The van der Waals surface area contributed by atoms with Crippen molar-refractivity contribution in [3.63, 3.8) is 0 Å². The summed E-state index contributed by atoms with van der Waals surface area (Å²) in [7, 11) is 0. The van der Waals surface area contributed by atoms with Gasteiger partial charge in [-0.1, -0.05) is 206 Å². The highest BCUT2D eigenvalue weighted by atomic mass is 16.5. The highest BCUT2D eigenvalue weighted by Crippen LogP contribution is 2.14. The molecule has 0 aromatic rings. The molecule has 5 heteroatoms. The lowest BCUT2D eigenvalue weighted by atomic mass is 10.0. The van der Waals surface area contributed by atoms with Gasteiger partial charge in [0, 0.05) is 13.0 Å². The average molecular weight is 720 g/mol. The number of carbonyl (C=O) groups is 2. The van der Waals surface area contributed by atoms with Crippen LogP contribution < -0.4 is 5.32 Å². The second kappa shape index (κ2) is 44.6. The number of esters is 1. The van der Waals surface area contributed by atoms with Crippen LogP contribution in [-0.4, -0.2) is 31.8 Å². The molecule has 0 aromatic carbocycles. The van der Waals surface area contributed by atoms with Crippen LogP contribution in [0.15, 0.2) is 12.2 Å². The van der Waals surface area contributed by atoms with Gasteiger partial charge in [-0.3, -0.25) is 4.79 Å². The SMILES string of the molecule is CCCCCCCC/C=C\CCCCCCCCOC(=O)CCCCCCCCCCNC(=O)OCCCCCCCCCCCCCCCC. The van der Waals surface area contributed by atoms with E-state index in [1.807, 2.05) is 0 Å². The Morgan fingerprint density at radius 3 is 1.16 bits per heavy atom. The maximum absolute atomic E-state index is 12.0. The number of rotatable bonds is 42. The summed E-state index contributed by atoms with van der Waals surface area (Å²) in [5.41, 5.74) is 0. The van der Waals surface area contributed by atoms with Crippen LogP contribution in [-0.2, 0) is 14.3 Å². The van der Waals surface area contributed by atoms with E-state index in [0.29, 0.717) is 26.2 Å². The Labute approximate surface area is 319 Å². The second-order valence-corrected chi connectivity index (χ2v) is 15.4. The number of hydrogen-bond donors (Lipinski definition) is 1. The topological polar surface area (TPSA) is 64.6 Å². The van der Waals surface area contributed by atoms with Gasteiger partial charge in [0.05, 0.1) is 13.2 Å². The number of nitrogens with one attached hydrogen (secondary N) is 1. The zero-order valence-electron chi connectivity index (χ0n) is 34.6. The van der Waals surface area contributed by atoms with E-state index in [1.54, 1.807) is 0 Å². The summed E-state index contributed by atoms with van der Waals surface area (Å²) in [5.74, 6) is -0.0200. The first-order valence-corrected chi connectivity index (χ1v) is 22.9. The number of alkyl carbamates (subject to hydrolysis) is 1. The first-order chi connectivity index (χ1) is 25.2. The fourth-order valence-corrected chi connectivity index (χ4v) is 6.77. The van der Waals surface area contributed by atoms with Gasteiger partial charge in [-0.15, -0.1) is 0 Å². The summed E-state index contributed by atoms with van der Waals surface area (Å²) in [4.78, 5) is 23.9. The standard InChI is InChI=1S/C46H89NO4/c1-3-5-7-9-11-13-15-17-19-20-22-23-27-31-35-39-43-50-45(48)41-37-33-29-25-26-30-34-38-42-47-46(49)51-44-40-36-32-28-24-21-18-16-14-12-10-8-6-4-2/h17,19H,3-16,18,20-44H2,1-2H3,(H,47,49)/b19-17-. The molecule has 5 nitrogen and oxygen atoms in total. The largest absolute Gasteiger partial charge is 0.466 e. The molecule has 0 aliphatic heterocycles. The lowest BCUT2D eigenvalue weighted by Gasteiger charge is -2.07. The Bertz CT molecular complexity index is 724. The maximum Gasteiger partial charge on any atom is 0.407 e. The van der Waals surface area contributed by atoms with Gasteiger partial charge < -0.3 is 14.8 Å². The van der Waals surface area contributed by atoms with E-state index in [9.17, 15) is 9.59 Å². The third-order valence-electron chi connectivity index (χ3n) is 10.2. The molecule has 0 radical (unpaired) electrons. The van der Waals surface area contributed by atoms with Gasteiger partial charge in [-0.25, -0.2) is 4.79 Å². The average Bonchev–Trinajstić information content (AvgIpc) is 3.13. The number of unbranched alkanes of at least 4 members (excludes halogenated alkanes) is 32. The summed E-state index contributed by atoms with van der Waals surface area (Å²) < 4.78 is 10.8. The summed E-state index contributed by atoms with van der Waals surface area (Å²) in [5, 5.41) is 2.90. The Hall–Kier alpha value is -1.52. The minimum absolute atomic E-state index is 0.0200. The molecule has 0 rings (SSSR count). The Morgan fingerprint density at radius 1 is 0.392 bits per heavy atom. The minimum Gasteiger partial charge on any atom is -0.466 e. The van der Waals surface area contributed by atoms with Crippen LogP contribution >= 0.6 is 0 Å². The van der Waals surface area contributed by atoms with E-state index >= 15 is 0 Å². The molecule has 1 N–H and O–H groups in total. The van der Waals surface area contributed by atoms with Crippen LogP contribution in [0, 0.1) is 0 Å². The van der Waals surface area contributed by atoms with Gasteiger partial charge in [0.25, 0.3) is 0 Å². The monoisotopic (exact) mass is 720 g/mol. The van der Waals surface area contributed by atoms with Crippen molar-refractivity contribution in [1.29, 1.82) is 0 Å². The molecule has 0 bridgehead atoms. The number of hydrogen-bond acceptors (Lipinski definition) is 4. The minimum atomic E-state index is -0.258. The van der Waals surface area contributed by atoms with Crippen LogP contribution in [0.3, 0.4) is 0 Å². The molecule has 0 saturated heterocycles. The predicted octanol–water partition coefficient (Wildman–Crippen LogP) is 15.3. The number of allylic oxidation sites excluding steroid dienone is 2. The molecule has 51 heavy (non-hydrogen) atoms. The number of ether oxygens (including phenoxy) is 2. The van der Waals surface area contributed by atoms with Gasteiger partial charge in [0.15, 0.2) is 0 Å². The maximum atomic E-state index is 12.0. The van der Waals surface area contributed by atoms with Gasteiger partial charge >= 0.3 is 12.1 Å². The van der Waals surface area contributed by atoms with Gasteiger partial charge in [0.2, 0.25) is 0 Å².